The van der Waals surface area contributed by atoms with Gasteiger partial charge in [0, 0.05) is 23.0 Å². The molecule has 4 nitrogen and oxygen atoms in total. The van der Waals surface area contributed by atoms with Crippen molar-refractivity contribution in [2.75, 3.05) is 24.2 Å². The molecule has 0 aliphatic rings. The smallest absolute Gasteiger partial charge is 0.0632 e. The van der Waals surface area contributed by atoms with E-state index in [1.54, 1.807) is 4.68 Å². The average Bonchev–Trinajstić information content (AvgIpc) is 2.74. The molecule has 0 bridgehead atoms. The molecule has 0 atom stereocenters. The largest absolute Gasteiger partial charge is 0.385 e. The van der Waals surface area contributed by atoms with Crippen molar-refractivity contribution < 1.29 is 0 Å². The van der Waals surface area contributed by atoms with Crippen LogP contribution in [0.25, 0.3) is 23.9 Å². The fourth-order valence-electron chi connectivity index (χ4n) is 2.78. The Morgan fingerprint density at radius 1 is 0.909 bits per heavy atom. The van der Waals surface area contributed by atoms with Crippen LogP contribution < -0.4 is 27.6 Å². The number of nitrogens with two attached hydrogens (primary N) is 2. The Hall–Kier alpha value is -1.94. The van der Waals surface area contributed by atoms with E-state index in [2.05, 4.69) is 36.7 Å². The number of unbranched alkanes of at least 4 members (excludes halogenated alkanes) is 5. The zero-order chi connectivity index (χ0) is 15.9. The van der Waals surface area contributed by atoms with Crippen molar-refractivity contribution in [3.8, 4) is 0 Å². The van der Waals surface area contributed by atoms with Gasteiger partial charge in [0.2, 0.25) is 0 Å². The van der Waals surface area contributed by atoms with Gasteiger partial charge in [0.25, 0.3) is 0 Å². The minimum atomic E-state index is 0.809. The van der Waals surface area contributed by atoms with Crippen LogP contribution in [-0.2, 0) is 0 Å². The summed E-state index contributed by atoms with van der Waals surface area (Å²) in [5.41, 5.74) is 6.61. The Bertz CT molecular complexity index is 702. The predicted octanol–water partition coefficient (Wildman–Crippen LogP) is 1.89. The van der Waals surface area contributed by atoms with Crippen LogP contribution in [0.5, 0.6) is 0 Å². The van der Waals surface area contributed by atoms with E-state index in [1.165, 1.54) is 32.1 Å². The maximum absolute atomic E-state index is 5.92. The molecule has 1 aromatic carbocycles. The minimum absolute atomic E-state index is 0.809. The Kier molecular flexibility index (Phi) is 5.90. The van der Waals surface area contributed by atoms with Crippen LogP contribution in [0.1, 0.15) is 38.5 Å². The maximum Gasteiger partial charge on any atom is 0.0632 e. The van der Waals surface area contributed by atoms with Gasteiger partial charge in [-0.25, -0.2) is 0 Å². The van der Waals surface area contributed by atoms with Crippen molar-refractivity contribution in [2.24, 2.45) is 5.73 Å². The molecule has 2 rings (SSSR count). The van der Waals surface area contributed by atoms with Crippen LogP contribution in [0.15, 0.2) is 18.2 Å². The Balaban J connectivity index is 1.82. The molecule has 1 heterocycles. The molecule has 0 unspecified atom stereocenters. The summed E-state index contributed by atoms with van der Waals surface area (Å²) in [6.07, 6.45) is 7.46. The number of hydrogen-bond donors (Lipinski definition) is 3. The first kappa shape index (κ1) is 16.4. The Morgan fingerprint density at radius 2 is 1.55 bits per heavy atom. The third-order valence-electron chi connectivity index (χ3n) is 4.18. The molecule has 4 heteroatoms. The lowest BCUT2D eigenvalue weighted by molar-refractivity contribution is 0.605. The van der Waals surface area contributed by atoms with E-state index in [4.69, 9.17) is 11.6 Å². The SMILES string of the molecule is C=c1c2ccc(NCCCCCCCCN)cc2c(=C)n1N. The summed E-state index contributed by atoms with van der Waals surface area (Å²) in [5.74, 6) is 5.92. The number of benzene rings is 1. The molecular formula is C18H28N4. The molecule has 0 aliphatic carbocycles. The van der Waals surface area contributed by atoms with Crippen LogP contribution in [0, 0.1) is 0 Å². The summed E-state index contributed by atoms with van der Waals surface area (Å²) in [7, 11) is 0. The van der Waals surface area contributed by atoms with Gasteiger partial charge in [-0.2, -0.15) is 0 Å². The summed E-state index contributed by atoms with van der Waals surface area (Å²) in [6, 6.07) is 6.25. The first-order chi connectivity index (χ1) is 10.6. The quantitative estimate of drug-likeness (QED) is 0.489. The second-order valence-corrected chi connectivity index (χ2v) is 5.86. The number of fused-ring (bicyclic) bond motifs is 1. The minimum Gasteiger partial charge on any atom is -0.385 e. The Morgan fingerprint density at radius 3 is 2.27 bits per heavy atom. The summed E-state index contributed by atoms with van der Waals surface area (Å²) < 4.78 is 1.55. The average molecular weight is 300 g/mol. The molecule has 120 valence electrons. The molecule has 0 aliphatic heterocycles. The number of rotatable bonds is 9. The van der Waals surface area contributed by atoms with E-state index < -0.39 is 0 Å². The third kappa shape index (κ3) is 3.83. The van der Waals surface area contributed by atoms with Gasteiger partial charge in [0.1, 0.15) is 0 Å². The van der Waals surface area contributed by atoms with Gasteiger partial charge in [-0.15, -0.1) is 0 Å². The van der Waals surface area contributed by atoms with Crippen molar-refractivity contribution in [1.29, 1.82) is 0 Å². The summed E-state index contributed by atoms with van der Waals surface area (Å²) in [5, 5.41) is 7.23. The molecule has 0 saturated heterocycles. The highest BCUT2D eigenvalue weighted by Gasteiger charge is 2.03. The van der Waals surface area contributed by atoms with Gasteiger partial charge in [-0.1, -0.05) is 44.9 Å². The van der Waals surface area contributed by atoms with Gasteiger partial charge in [-0.05, 0) is 31.5 Å². The highest BCUT2D eigenvalue weighted by molar-refractivity contribution is 5.86. The molecule has 0 amide bonds. The topological polar surface area (TPSA) is 69.0 Å². The van der Waals surface area contributed by atoms with Crippen LogP contribution in [-0.4, -0.2) is 17.8 Å². The number of nitrogens with zero attached hydrogens (tertiary/aromatic N) is 1. The molecular weight excluding hydrogens is 272 g/mol. The number of anilines is 1. The van der Waals surface area contributed by atoms with E-state index in [9.17, 15) is 0 Å². The van der Waals surface area contributed by atoms with Crippen molar-refractivity contribution in [3.05, 3.63) is 28.9 Å². The highest BCUT2D eigenvalue weighted by atomic mass is 15.3. The zero-order valence-corrected chi connectivity index (χ0v) is 13.4. The number of nitrogen functional groups attached to an aromatic ring is 1. The second-order valence-electron chi connectivity index (χ2n) is 5.86. The van der Waals surface area contributed by atoms with Crippen LogP contribution in [0.4, 0.5) is 5.69 Å². The van der Waals surface area contributed by atoms with E-state index in [1.807, 2.05) is 0 Å². The molecule has 1 aromatic heterocycles. The van der Waals surface area contributed by atoms with E-state index in [-0.39, 0.29) is 0 Å². The molecule has 22 heavy (non-hydrogen) atoms. The van der Waals surface area contributed by atoms with Crippen molar-refractivity contribution in [2.45, 2.75) is 38.5 Å². The summed E-state index contributed by atoms with van der Waals surface area (Å²) >= 11 is 0. The van der Waals surface area contributed by atoms with Gasteiger partial charge in [0.05, 0.1) is 10.7 Å². The lowest BCUT2D eigenvalue weighted by Gasteiger charge is -2.06. The predicted molar refractivity (Wildman–Crippen MR) is 97.6 cm³/mol. The van der Waals surface area contributed by atoms with E-state index in [0.717, 1.165) is 46.7 Å². The van der Waals surface area contributed by atoms with Crippen LogP contribution >= 0.6 is 0 Å². The fraction of sp³-hybridized carbons (Fsp3) is 0.444. The monoisotopic (exact) mass is 300 g/mol. The molecule has 0 fully saturated rings. The standard InChI is InChI=1S/C18H28N4/c1-14-17-10-9-16(13-18(17)15(2)22(14)20)21-12-8-6-4-3-5-7-11-19/h9-10,13,21H,1-8,11-12,19-20H2. The molecule has 0 spiro atoms. The lowest BCUT2D eigenvalue weighted by atomic mass is 10.1. The molecule has 0 saturated carbocycles. The van der Waals surface area contributed by atoms with E-state index in [0.29, 0.717) is 0 Å². The normalized spacial score (nSPS) is 11.1. The molecule has 5 N–H and O–H groups in total. The highest BCUT2D eigenvalue weighted by Crippen LogP contribution is 2.14. The zero-order valence-electron chi connectivity index (χ0n) is 13.4. The fourth-order valence-corrected chi connectivity index (χ4v) is 2.78. The van der Waals surface area contributed by atoms with Crippen molar-refractivity contribution >= 4 is 29.6 Å². The van der Waals surface area contributed by atoms with Gasteiger partial charge in [0.15, 0.2) is 0 Å². The van der Waals surface area contributed by atoms with Crippen molar-refractivity contribution in [3.63, 3.8) is 0 Å². The summed E-state index contributed by atoms with van der Waals surface area (Å²) in [4.78, 5) is 0. The number of aromatic nitrogens is 1. The molecule has 0 radical (unpaired) electrons. The second kappa shape index (κ2) is 7.90. The van der Waals surface area contributed by atoms with Gasteiger partial charge in [-0.3, -0.25) is 4.68 Å². The first-order valence-corrected chi connectivity index (χ1v) is 8.16. The van der Waals surface area contributed by atoms with E-state index >= 15 is 0 Å². The number of nitrogens with one attached hydrogen (secondary N) is 1. The third-order valence-corrected chi connectivity index (χ3v) is 4.18. The maximum atomic E-state index is 5.92. The van der Waals surface area contributed by atoms with Crippen LogP contribution in [0.2, 0.25) is 0 Å². The van der Waals surface area contributed by atoms with Gasteiger partial charge < -0.3 is 16.9 Å². The van der Waals surface area contributed by atoms with Crippen molar-refractivity contribution in [1.82, 2.24) is 4.68 Å². The van der Waals surface area contributed by atoms with Gasteiger partial charge >= 0.3 is 0 Å². The lowest BCUT2D eigenvalue weighted by Crippen LogP contribution is -2.32. The molecule has 2 aromatic rings. The Labute approximate surface area is 132 Å². The first-order valence-electron chi connectivity index (χ1n) is 8.16. The van der Waals surface area contributed by atoms with Crippen LogP contribution in [0.3, 0.4) is 0 Å². The number of hydrogen-bond acceptors (Lipinski definition) is 3. The summed E-state index contributed by atoms with van der Waals surface area (Å²) in [6.45, 7) is 9.82.